The van der Waals surface area contributed by atoms with Crippen LogP contribution in [0, 0.1) is 0 Å². The Morgan fingerprint density at radius 3 is 2.65 bits per heavy atom. The third-order valence-electron chi connectivity index (χ3n) is 2.34. The Balaban J connectivity index is 2.18. The number of thiophene rings is 1. The molecule has 1 aromatic rings. The van der Waals surface area contributed by atoms with Gasteiger partial charge in [0.25, 0.3) is 6.43 Å². The number of aliphatic hydroxyl groups is 1. The summed E-state index contributed by atoms with van der Waals surface area (Å²) in [7, 11) is 0. The van der Waals surface area contributed by atoms with Crippen LogP contribution in [0.5, 0.6) is 0 Å². The molecule has 0 bridgehead atoms. The molecule has 0 aliphatic rings. The summed E-state index contributed by atoms with van der Waals surface area (Å²) in [6, 6.07) is 4.06. The molecule has 0 aliphatic carbocycles. The fraction of sp³-hybridized carbons (Fsp3) is 0.667. The van der Waals surface area contributed by atoms with Crippen LogP contribution >= 0.6 is 11.3 Å². The van der Waals surface area contributed by atoms with Crippen LogP contribution in [0.25, 0.3) is 0 Å². The van der Waals surface area contributed by atoms with Gasteiger partial charge >= 0.3 is 0 Å². The van der Waals surface area contributed by atoms with Crippen LogP contribution in [0.2, 0.25) is 0 Å². The average molecular weight is 264 g/mol. The lowest BCUT2D eigenvalue weighted by Crippen LogP contribution is -2.14. The van der Waals surface area contributed by atoms with E-state index in [9.17, 15) is 13.9 Å². The van der Waals surface area contributed by atoms with Gasteiger partial charge in [-0.15, -0.1) is 11.3 Å². The van der Waals surface area contributed by atoms with E-state index in [1.807, 2.05) is 6.07 Å². The number of hydrogen-bond acceptors (Lipinski definition) is 3. The van der Waals surface area contributed by atoms with Gasteiger partial charge in [0.1, 0.15) is 6.61 Å². The fourth-order valence-electron chi connectivity index (χ4n) is 1.45. The van der Waals surface area contributed by atoms with Gasteiger partial charge in [0, 0.05) is 22.8 Å². The molecule has 1 aromatic heterocycles. The Hall–Kier alpha value is -0.520. The Kier molecular flexibility index (Phi) is 6.62. The molecule has 1 heterocycles. The number of rotatable bonds is 8. The predicted molar refractivity (Wildman–Crippen MR) is 64.8 cm³/mol. The van der Waals surface area contributed by atoms with Crippen molar-refractivity contribution in [3.8, 4) is 0 Å². The molecular weight excluding hydrogens is 246 g/mol. The van der Waals surface area contributed by atoms with Crippen LogP contribution in [0.15, 0.2) is 12.1 Å². The standard InChI is InChI=1S/C12H18F2O2S/c1-2-10-3-4-11(17-10)7-9(15)5-6-16-8-12(13)14/h3-4,9,12,15H,2,5-8H2,1H3. The highest BCUT2D eigenvalue weighted by atomic mass is 32.1. The molecule has 0 aliphatic heterocycles. The third kappa shape index (κ3) is 6.10. The smallest absolute Gasteiger partial charge is 0.261 e. The minimum Gasteiger partial charge on any atom is -0.393 e. The Labute approximate surface area is 104 Å². The van der Waals surface area contributed by atoms with Crippen molar-refractivity contribution < 1.29 is 18.6 Å². The summed E-state index contributed by atoms with van der Waals surface area (Å²) < 4.78 is 28.2. The van der Waals surface area contributed by atoms with E-state index in [1.54, 1.807) is 11.3 Å². The lowest BCUT2D eigenvalue weighted by molar-refractivity contribution is 0.00519. The van der Waals surface area contributed by atoms with Crippen molar-refractivity contribution in [3.05, 3.63) is 21.9 Å². The van der Waals surface area contributed by atoms with Crippen LogP contribution in [0.1, 0.15) is 23.1 Å². The van der Waals surface area contributed by atoms with Crippen LogP contribution in [-0.4, -0.2) is 30.8 Å². The van der Waals surface area contributed by atoms with Gasteiger partial charge in [0.2, 0.25) is 0 Å². The highest BCUT2D eigenvalue weighted by Crippen LogP contribution is 2.19. The van der Waals surface area contributed by atoms with Gasteiger partial charge in [0.15, 0.2) is 0 Å². The van der Waals surface area contributed by atoms with Gasteiger partial charge < -0.3 is 9.84 Å². The number of alkyl halides is 2. The largest absolute Gasteiger partial charge is 0.393 e. The minimum atomic E-state index is -2.43. The fourth-order valence-corrected chi connectivity index (χ4v) is 2.48. The summed E-state index contributed by atoms with van der Waals surface area (Å²) in [6.07, 6.45) is -0.986. The summed E-state index contributed by atoms with van der Waals surface area (Å²) in [5.41, 5.74) is 0. The molecule has 0 fully saturated rings. The summed E-state index contributed by atoms with van der Waals surface area (Å²) in [5.74, 6) is 0. The van der Waals surface area contributed by atoms with E-state index >= 15 is 0 Å². The summed E-state index contributed by atoms with van der Waals surface area (Å²) in [6.45, 7) is 1.72. The van der Waals surface area contributed by atoms with Gasteiger partial charge in [-0.05, 0) is 25.0 Å². The Morgan fingerprint density at radius 1 is 1.35 bits per heavy atom. The maximum absolute atomic E-state index is 11.8. The number of aliphatic hydroxyl groups excluding tert-OH is 1. The number of hydrogen-bond donors (Lipinski definition) is 1. The average Bonchev–Trinajstić information content (AvgIpc) is 2.72. The van der Waals surface area contributed by atoms with E-state index < -0.39 is 19.1 Å². The van der Waals surface area contributed by atoms with Crippen LogP contribution in [0.4, 0.5) is 8.78 Å². The lowest BCUT2D eigenvalue weighted by atomic mass is 10.2. The van der Waals surface area contributed by atoms with Crippen molar-refractivity contribution in [2.24, 2.45) is 0 Å². The maximum atomic E-state index is 11.8. The zero-order valence-corrected chi connectivity index (χ0v) is 10.7. The number of halogens is 2. The van der Waals surface area contributed by atoms with E-state index in [-0.39, 0.29) is 6.61 Å². The van der Waals surface area contributed by atoms with Crippen LogP contribution < -0.4 is 0 Å². The Morgan fingerprint density at radius 2 is 2.06 bits per heavy atom. The van der Waals surface area contributed by atoms with Crippen molar-refractivity contribution in [2.45, 2.75) is 38.7 Å². The molecule has 1 atom stereocenters. The van der Waals surface area contributed by atoms with Gasteiger partial charge in [0.05, 0.1) is 6.10 Å². The monoisotopic (exact) mass is 264 g/mol. The first-order valence-corrected chi connectivity index (χ1v) is 6.55. The zero-order valence-electron chi connectivity index (χ0n) is 9.86. The van der Waals surface area contributed by atoms with Crippen molar-refractivity contribution in [1.29, 1.82) is 0 Å². The second-order valence-corrected chi connectivity index (χ2v) is 5.09. The quantitative estimate of drug-likeness (QED) is 0.732. The highest BCUT2D eigenvalue weighted by Gasteiger charge is 2.09. The minimum absolute atomic E-state index is 0.178. The van der Waals surface area contributed by atoms with E-state index in [2.05, 4.69) is 13.0 Å². The second-order valence-electron chi connectivity index (χ2n) is 3.83. The molecule has 2 nitrogen and oxygen atoms in total. The molecule has 1 N–H and O–H groups in total. The lowest BCUT2D eigenvalue weighted by Gasteiger charge is -2.09. The zero-order chi connectivity index (χ0) is 12.7. The second kappa shape index (κ2) is 7.74. The van der Waals surface area contributed by atoms with Crippen molar-refractivity contribution >= 4 is 11.3 Å². The molecule has 1 rings (SSSR count). The molecule has 98 valence electrons. The SMILES string of the molecule is CCc1ccc(CC(O)CCOCC(F)F)s1. The maximum Gasteiger partial charge on any atom is 0.261 e. The molecule has 0 saturated carbocycles. The van der Waals surface area contributed by atoms with Gasteiger partial charge in [-0.25, -0.2) is 8.78 Å². The van der Waals surface area contributed by atoms with Gasteiger partial charge in [-0.1, -0.05) is 6.92 Å². The topological polar surface area (TPSA) is 29.5 Å². The van der Waals surface area contributed by atoms with Crippen LogP contribution in [0.3, 0.4) is 0 Å². The first-order valence-electron chi connectivity index (χ1n) is 5.73. The first kappa shape index (κ1) is 14.5. The molecule has 0 saturated heterocycles. The van der Waals surface area contributed by atoms with E-state index in [0.29, 0.717) is 12.8 Å². The highest BCUT2D eigenvalue weighted by molar-refractivity contribution is 7.11. The molecule has 0 radical (unpaired) electrons. The van der Waals surface area contributed by atoms with E-state index in [1.165, 1.54) is 4.88 Å². The van der Waals surface area contributed by atoms with E-state index in [0.717, 1.165) is 11.3 Å². The normalized spacial score (nSPS) is 13.2. The molecule has 5 heteroatoms. The van der Waals surface area contributed by atoms with Gasteiger partial charge in [-0.3, -0.25) is 0 Å². The summed E-state index contributed by atoms with van der Waals surface area (Å²) in [4.78, 5) is 2.42. The molecule has 0 amide bonds. The first-order chi connectivity index (χ1) is 8.11. The van der Waals surface area contributed by atoms with Crippen LogP contribution in [-0.2, 0) is 17.6 Å². The van der Waals surface area contributed by atoms with Gasteiger partial charge in [-0.2, -0.15) is 0 Å². The van der Waals surface area contributed by atoms with Crippen molar-refractivity contribution in [1.82, 2.24) is 0 Å². The third-order valence-corrected chi connectivity index (χ3v) is 3.59. The van der Waals surface area contributed by atoms with Crippen molar-refractivity contribution in [2.75, 3.05) is 13.2 Å². The molecule has 1 unspecified atom stereocenters. The molecule has 17 heavy (non-hydrogen) atoms. The summed E-state index contributed by atoms with van der Waals surface area (Å²) in [5, 5.41) is 9.69. The molecular formula is C12H18F2O2S. The molecule has 0 spiro atoms. The Bertz CT molecular complexity index is 315. The predicted octanol–water partition coefficient (Wildman–Crippen LogP) is 2.89. The van der Waals surface area contributed by atoms with E-state index in [4.69, 9.17) is 4.74 Å². The number of aryl methyl sites for hydroxylation is 1. The summed E-state index contributed by atoms with van der Waals surface area (Å²) >= 11 is 1.68. The molecule has 0 aromatic carbocycles. The van der Waals surface area contributed by atoms with Crippen molar-refractivity contribution in [3.63, 3.8) is 0 Å². The number of ether oxygens (including phenoxy) is 1.